The van der Waals surface area contributed by atoms with E-state index in [2.05, 4.69) is 0 Å². The summed E-state index contributed by atoms with van der Waals surface area (Å²) in [5.41, 5.74) is 1.91. The normalized spacial score (nSPS) is 10.6. The lowest BCUT2D eigenvalue weighted by molar-refractivity contribution is -0.162. The average molecular weight is 327 g/mol. The molecule has 0 aliphatic heterocycles. The Morgan fingerprint density at radius 2 is 1.83 bits per heavy atom. The number of nitrogens with zero attached hydrogens (tertiary/aromatic N) is 1. The zero-order chi connectivity index (χ0) is 17.4. The van der Waals surface area contributed by atoms with Crippen molar-refractivity contribution in [2.75, 3.05) is 21.3 Å². The molecule has 5 heteroatoms. The van der Waals surface area contributed by atoms with Crippen molar-refractivity contribution in [3.05, 3.63) is 65.7 Å². The molecule has 0 N–H and O–H groups in total. The van der Waals surface area contributed by atoms with Crippen molar-refractivity contribution in [2.45, 2.75) is 6.61 Å². The maximum absolute atomic E-state index is 11.7. The van der Waals surface area contributed by atoms with Gasteiger partial charge in [0.05, 0.1) is 14.2 Å². The number of amides is 1. The van der Waals surface area contributed by atoms with Crippen LogP contribution in [0.3, 0.4) is 0 Å². The lowest BCUT2D eigenvalue weighted by Crippen LogP contribution is -2.22. The molecule has 0 unspecified atom stereocenters. The van der Waals surface area contributed by atoms with Crippen LogP contribution in [0.15, 0.2) is 54.6 Å². The van der Waals surface area contributed by atoms with Gasteiger partial charge in [0.1, 0.15) is 6.61 Å². The highest BCUT2D eigenvalue weighted by Crippen LogP contribution is 2.29. The second-order valence-corrected chi connectivity index (χ2v) is 5.04. The molecule has 0 saturated carbocycles. The monoisotopic (exact) mass is 327 g/mol. The van der Waals surface area contributed by atoms with E-state index >= 15 is 0 Å². The Kier molecular flexibility index (Phi) is 6.40. The van der Waals surface area contributed by atoms with Crippen LogP contribution < -0.4 is 9.47 Å². The second-order valence-electron chi connectivity index (χ2n) is 5.04. The summed E-state index contributed by atoms with van der Waals surface area (Å²) in [5, 5.41) is 1.14. The molecular formula is C19H21NO4. The van der Waals surface area contributed by atoms with Crippen LogP contribution >= 0.6 is 0 Å². The number of hydroxylamine groups is 2. The molecule has 2 rings (SSSR count). The first kappa shape index (κ1) is 17.6. The first-order valence-electron chi connectivity index (χ1n) is 7.48. The molecule has 0 aromatic heterocycles. The fourth-order valence-corrected chi connectivity index (χ4v) is 2.00. The summed E-state index contributed by atoms with van der Waals surface area (Å²) in [6.45, 7) is 0.462. The van der Waals surface area contributed by atoms with Crippen LogP contribution in [-0.4, -0.2) is 32.2 Å². The number of benzene rings is 2. The maximum Gasteiger partial charge on any atom is 0.269 e. The van der Waals surface area contributed by atoms with Crippen LogP contribution in [0.25, 0.3) is 6.08 Å². The lowest BCUT2D eigenvalue weighted by atomic mass is 10.2. The summed E-state index contributed by atoms with van der Waals surface area (Å²) in [6.07, 6.45) is 3.13. The quantitative estimate of drug-likeness (QED) is 0.578. The number of hydrogen-bond acceptors (Lipinski definition) is 4. The van der Waals surface area contributed by atoms with E-state index in [0.29, 0.717) is 18.1 Å². The van der Waals surface area contributed by atoms with Crippen molar-refractivity contribution in [1.82, 2.24) is 5.06 Å². The zero-order valence-electron chi connectivity index (χ0n) is 14.1. The van der Waals surface area contributed by atoms with E-state index < -0.39 is 0 Å². The molecule has 0 bridgehead atoms. The SMILES string of the molecule is COc1cc(/C=C/C(=O)N(C)OC)ccc1OCc1ccccc1. The van der Waals surface area contributed by atoms with Gasteiger partial charge in [0, 0.05) is 13.1 Å². The Bertz CT molecular complexity index is 698. The van der Waals surface area contributed by atoms with Crippen LogP contribution in [0.4, 0.5) is 0 Å². The predicted molar refractivity (Wildman–Crippen MR) is 92.6 cm³/mol. The van der Waals surface area contributed by atoms with Crippen molar-refractivity contribution in [3.8, 4) is 11.5 Å². The molecule has 0 spiro atoms. The van der Waals surface area contributed by atoms with E-state index in [-0.39, 0.29) is 5.91 Å². The summed E-state index contributed by atoms with van der Waals surface area (Å²) in [4.78, 5) is 16.5. The van der Waals surface area contributed by atoms with Gasteiger partial charge in [-0.05, 0) is 29.3 Å². The number of ether oxygens (including phenoxy) is 2. The third kappa shape index (κ3) is 4.86. The minimum Gasteiger partial charge on any atom is -0.493 e. The van der Waals surface area contributed by atoms with E-state index in [1.54, 1.807) is 20.2 Å². The molecule has 2 aromatic rings. The molecule has 0 aliphatic carbocycles. The average Bonchev–Trinajstić information content (AvgIpc) is 2.64. The Morgan fingerprint density at radius 1 is 1.08 bits per heavy atom. The highest BCUT2D eigenvalue weighted by molar-refractivity contribution is 5.90. The van der Waals surface area contributed by atoms with E-state index in [9.17, 15) is 4.79 Å². The van der Waals surface area contributed by atoms with E-state index in [4.69, 9.17) is 14.3 Å². The minimum absolute atomic E-state index is 0.249. The lowest BCUT2D eigenvalue weighted by Gasteiger charge is -2.12. The Balaban J connectivity index is 2.07. The summed E-state index contributed by atoms with van der Waals surface area (Å²) in [5.74, 6) is 1.01. The standard InChI is InChI=1S/C19H21NO4/c1-20(23-3)19(21)12-10-15-9-11-17(18(13-15)22-2)24-14-16-7-5-4-6-8-16/h4-13H,14H2,1-3H3/b12-10+. The van der Waals surface area contributed by atoms with Crippen molar-refractivity contribution >= 4 is 12.0 Å². The summed E-state index contributed by atoms with van der Waals surface area (Å²) < 4.78 is 11.2. The molecule has 0 fully saturated rings. The fourth-order valence-electron chi connectivity index (χ4n) is 2.00. The zero-order valence-corrected chi connectivity index (χ0v) is 14.1. The molecular weight excluding hydrogens is 306 g/mol. The molecule has 1 amide bonds. The summed E-state index contributed by atoms with van der Waals surface area (Å²) in [7, 11) is 4.57. The van der Waals surface area contributed by atoms with E-state index in [1.807, 2.05) is 48.5 Å². The van der Waals surface area contributed by atoms with Crippen LogP contribution in [0.2, 0.25) is 0 Å². The predicted octanol–water partition coefficient (Wildman–Crippen LogP) is 3.31. The molecule has 0 aliphatic rings. The molecule has 2 aromatic carbocycles. The minimum atomic E-state index is -0.249. The van der Waals surface area contributed by atoms with Gasteiger partial charge in [-0.15, -0.1) is 0 Å². The number of carbonyl (C=O) groups is 1. The van der Waals surface area contributed by atoms with Gasteiger partial charge in [-0.2, -0.15) is 0 Å². The van der Waals surface area contributed by atoms with Crippen LogP contribution in [0.1, 0.15) is 11.1 Å². The Hall–Kier alpha value is -2.79. The molecule has 5 nitrogen and oxygen atoms in total. The van der Waals surface area contributed by atoms with Gasteiger partial charge in [-0.1, -0.05) is 36.4 Å². The second kappa shape index (κ2) is 8.74. The van der Waals surface area contributed by atoms with E-state index in [1.165, 1.54) is 13.2 Å². The smallest absolute Gasteiger partial charge is 0.269 e. The maximum atomic E-state index is 11.7. The third-order valence-corrected chi connectivity index (χ3v) is 3.43. The summed E-state index contributed by atoms with van der Waals surface area (Å²) >= 11 is 0. The molecule has 24 heavy (non-hydrogen) atoms. The van der Waals surface area contributed by atoms with Crippen LogP contribution in [-0.2, 0) is 16.2 Å². The number of rotatable bonds is 7. The van der Waals surface area contributed by atoms with Gasteiger partial charge in [0.15, 0.2) is 11.5 Å². The first-order valence-corrected chi connectivity index (χ1v) is 7.48. The van der Waals surface area contributed by atoms with Gasteiger partial charge in [0.2, 0.25) is 0 Å². The number of methoxy groups -OCH3 is 1. The van der Waals surface area contributed by atoms with Gasteiger partial charge in [-0.25, -0.2) is 5.06 Å². The highest BCUT2D eigenvalue weighted by atomic mass is 16.7. The van der Waals surface area contributed by atoms with Gasteiger partial charge in [-0.3, -0.25) is 9.63 Å². The van der Waals surface area contributed by atoms with Crippen molar-refractivity contribution < 1.29 is 19.1 Å². The molecule has 0 radical (unpaired) electrons. The Morgan fingerprint density at radius 3 is 2.50 bits per heavy atom. The van der Waals surface area contributed by atoms with Gasteiger partial charge in [0.25, 0.3) is 5.91 Å². The third-order valence-electron chi connectivity index (χ3n) is 3.43. The largest absolute Gasteiger partial charge is 0.493 e. The molecule has 0 heterocycles. The number of hydrogen-bond donors (Lipinski definition) is 0. The summed E-state index contributed by atoms with van der Waals surface area (Å²) in [6, 6.07) is 15.4. The highest BCUT2D eigenvalue weighted by Gasteiger charge is 2.06. The van der Waals surface area contributed by atoms with Crippen LogP contribution in [0.5, 0.6) is 11.5 Å². The van der Waals surface area contributed by atoms with Crippen molar-refractivity contribution in [1.29, 1.82) is 0 Å². The Labute approximate surface area is 142 Å². The van der Waals surface area contributed by atoms with Crippen LogP contribution in [0, 0.1) is 0 Å². The topological polar surface area (TPSA) is 48.0 Å². The van der Waals surface area contributed by atoms with Gasteiger partial charge < -0.3 is 9.47 Å². The fraction of sp³-hybridized carbons (Fsp3) is 0.211. The van der Waals surface area contributed by atoms with Crippen molar-refractivity contribution in [2.24, 2.45) is 0 Å². The number of carbonyl (C=O) groups excluding carboxylic acids is 1. The first-order chi connectivity index (χ1) is 11.6. The molecule has 0 atom stereocenters. The number of likely N-dealkylation sites (N-methyl/N-ethyl adjacent to an activating group) is 1. The molecule has 0 saturated heterocycles. The van der Waals surface area contributed by atoms with Gasteiger partial charge >= 0.3 is 0 Å². The van der Waals surface area contributed by atoms with Crippen molar-refractivity contribution in [3.63, 3.8) is 0 Å². The van der Waals surface area contributed by atoms with E-state index in [0.717, 1.165) is 16.2 Å². The molecule has 126 valence electrons.